The highest BCUT2D eigenvalue weighted by atomic mass is 16.2. The molecule has 9 nitrogen and oxygen atoms in total. The maximum atomic E-state index is 13.3. The minimum atomic E-state index is -0.586. The maximum Gasteiger partial charge on any atom is 0.237 e. The highest BCUT2D eigenvalue weighted by Gasteiger charge is 2.39. The van der Waals surface area contributed by atoms with Crippen molar-refractivity contribution >= 4 is 34.6 Å². The van der Waals surface area contributed by atoms with Gasteiger partial charge in [0.05, 0.1) is 6.04 Å². The Morgan fingerprint density at radius 1 is 0.974 bits per heavy atom. The lowest BCUT2D eigenvalue weighted by Gasteiger charge is -2.34. The Bertz CT molecular complexity index is 1300. The largest absolute Gasteiger partial charge is 0.385 e. The van der Waals surface area contributed by atoms with E-state index in [4.69, 9.17) is 5.73 Å². The van der Waals surface area contributed by atoms with Gasteiger partial charge in [-0.15, -0.1) is 0 Å². The molecule has 0 spiro atoms. The third-order valence-electron chi connectivity index (χ3n) is 7.39. The molecule has 0 saturated carbocycles. The summed E-state index contributed by atoms with van der Waals surface area (Å²) in [5, 5.41) is 9.30. The summed E-state index contributed by atoms with van der Waals surface area (Å²) >= 11 is 0. The van der Waals surface area contributed by atoms with Crippen molar-refractivity contribution in [3.05, 3.63) is 66.9 Å². The average Bonchev–Trinajstić information content (AvgIpc) is 3.23. The van der Waals surface area contributed by atoms with Gasteiger partial charge in [0.15, 0.2) is 0 Å². The molecule has 1 aromatic heterocycles. The van der Waals surface area contributed by atoms with Gasteiger partial charge in [0.2, 0.25) is 5.91 Å². The smallest absolute Gasteiger partial charge is 0.237 e. The van der Waals surface area contributed by atoms with E-state index in [1.165, 1.54) is 5.69 Å². The molecule has 9 heteroatoms. The van der Waals surface area contributed by atoms with Crippen LogP contribution in [0.1, 0.15) is 6.92 Å². The van der Waals surface area contributed by atoms with Crippen LogP contribution in [0.15, 0.2) is 72.0 Å². The minimum absolute atomic E-state index is 0.177. The Kier molecular flexibility index (Phi) is 7.20. The van der Waals surface area contributed by atoms with E-state index in [2.05, 4.69) is 73.5 Å². The van der Waals surface area contributed by atoms with E-state index < -0.39 is 5.92 Å². The number of hydrazone groups is 1. The van der Waals surface area contributed by atoms with Gasteiger partial charge in [0.25, 0.3) is 0 Å². The quantitative estimate of drug-likeness (QED) is 0.524. The van der Waals surface area contributed by atoms with Crippen LogP contribution in [0.3, 0.4) is 0 Å². The predicted octanol–water partition coefficient (Wildman–Crippen LogP) is 3.30. The van der Waals surface area contributed by atoms with Crippen LogP contribution in [0.5, 0.6) is 0 Å². The fourth-order valence-electron chi connectivity index (χ4n) is 4.99. The molecule has 2 aliphatic rings. The van der Waals surface area contributed by atoms with Gasteiger partial charge in [-0.1, -0.05) is 12.1 Å². The van der Waals surface area contributed by atoms with Crippen molar-refractivity contribution in [1.82, 2.24) is 9.88 Å². The molecule has 2 aliphatic heterocycles. The van der Waals surface area contributed by atoms with Gasteiger partial charge in [-0.3, -0.25) is 4.79 Å². The fraction of sp³-hybridized carbons (Fsp3) is 0.345. The maximum absolute atomic E-state index is 13.3. The van der Waals surface area contributed by atoms with Gasteiger partial charge in [-0.2, -0.15) is 5.10 Å². The number of amidine groups is 1. The number of nitrogens with one attached hydrogen (secondary N) is 1. The number of pyridine rings is 1. The van der Waals surface area contributed by atoms with Crippen LogP contribution in [-0.4, -0.2) is 75.0 Å². The minimum Gasteiger partial charge on any atom is -0.385 e. The number of hydrogen-bond donors (Lipinski definition) is 2. The molecular weight excluding hydrogens is 476 g/mol. The second-order valence-corrected chi connectivity index (χ2v) is 10.3. The molecule has 2 aromatic carbocycles. The highest BCUT2D eigenvalue weighted by Crippen LogP contribution is 2.30. The Balaban J connectivity index is 1.26. The predicted molar refractivity (Wildman–Crippen MR) is 156 cm³/mol. The summed E-state index contributed by atoms with van der Waals surface area (Å²) in [6.45, 7) is 6.05. The van der Waals surface area contributed by atoms with Crippen LogP contribution in [0, 0.1) is 5.92 Å². The number of nitrogens with two attached hydrogens (primary N) is 1. The number of carbonyl (C=O) groups excluding carboxylic acids is 1. The number of nitrogens with zero attached hydrogens (tertiary/aromatic N) is 6. The third kappa shape index (κ3) is 5.28. The molecule has 1 fully saturated rings. The molecule has 0 bridgehead atoms. The summed E-state index contributed by atoms with van der Waals surface area (Å²) < 4.78 is 0. The van der Waals surface area contributed by atoms with Crippen LogP contribution in [0.2, 0.25) is 0 Å². The highest BCUT2D eigenvalue weighted by molar-refractivity contribution is 6.10. The molecule has 1 amide bonds. The van der Waals surface area contributed by atoms with Gasteiger partial charge >= 0.3 is 0 Å². The lowest BCUT2D eigenvalue weighted by Crippen LogP contribution is -2.44. The van der Waals surface area contributed by atoms with Crippen molar-refractivity contribution in [2.24, 2.45) is 16.8 Å². The number of aromatic nitrogens is 1. The first-order valence-corrected chi connectivity index (χ1v) is 13.0. The first kappa shape index (κ1) is 25.5. The third-order valence-corrected chi connectivity index (χ3v) is 7.39. The molecule has 0 aliphatic carbocycles. The average molecular weight is 513 g/mol. The summed E-state index contributed by atoms with van der Waals surface area (Å²) in [6, 6.07) is 20.0. The molecule has 3 N–H and O–H groups in total. The molecule has 3 heterocycles. The number of hydrogen-bond acceptors (Lipinski definition) is 8. The van der Waals surface area contributed by atoms with Crippen LogP contribution < -0.4 is 25.9 Å². The zero-order chi connectivity index (χ0) is 26.8. The Morgan fingerprint density at radius 2 is 1.66 bits per heavy atom. The lowest BCUT2D eigenvalue weighted by molar-refractivity contribution is -0.118. The Labute approximate surface area is 224 Å². The Morgan fingerprint density at radius 3 is 2.32 bits per heavy atom. The summed E-state index contributed by atoms with van der Waals surface area (Å²) in [5.74, 6) is 0.175. The molecule has 198 valence electrons. The van der Waals surface area contributed by atoms with E-state index in [1.807, 2.05) is 45.3 Å². The summed E-state index contributed by atoms with van der Waals surface area (Å²) in [4.78, 5) is 24.6. The summed E-state index contributed by atoms with van der Waals surface area (Å²) in [5.41, 5.74) is 11.4. The van der Waals surface area contributed by atoms with Gasteiger partial charge < -0.3 is 25.8 Å². The van der Waals surface area contributed by atoms with Crippen molar-refractivity contribution in [1.29, 1.82) is 0 Å². The summed E-state index contributed by atoms with van der Waals surface area (Å²) in [6.07, 6.45) is 1.76. The van der Waals surface area contributed by atoms with Crippen molar-refractivity contribution in [3.63, 3.8) is 0 Å². The SMILES string of the molecule is CC1C(C(=O)Nc2ccc(N3CCN(C)CC3)cc2)C(N)=NN1c1cc(-c2ccc(N(C)C)cc2)ccn1. The Hall–Kier alpha value is -4.11. The van der Waals surface area contributed by atoms with Crippen molar-refractivity contribution in [2.75, 3.05) is 67.4 Å². The van der Waals surface area contributed by atoms with E-state index >= 15 is 0 Å². The second-order valence-electron chi connectivity index (χ2n) is 10.3. The first-order chi connectivity index (χ1) is 18.3. The van der Waals surface area contributed by atoms with Gasteiger partial charge in [0, 0.05) is 63.5 Å². The molecule has 38 heavy (non-hydrogen) atoms. The van der Waals surface area contributed by atoms with Crippen LogP contribution >= 0.6 is 0 Å². The number of benzene rings is 2. The normalized spacial score (nSPS) is 19.8. The molecule has 0 radical (unpaired) electrons. The van der Waals surface area contributed by atoms with Gasteiger partial charge in [-0.25, -0.2) is 9.99 Å². The van der Waals surface area contributed by atoms with Crippen molar-refractivity contribution in [2.45, 2.75) is 13.0 Å². The summed E-state index contributed by atoms with van der Waals surface area (Å²) in [7, 11) is 6.19. The van der Waals surface area contributed by atoms with E-state index in [1.54, 1.807) is 11.2 Å². The van der Waals surface area contributed by atoms with E-state index in [0.29, 0.717) is 5.82 Å². The van der Waals surface area contributed by atoms with Crippen molar-refractivity contribution < 1.29 is 4.79 Å². The van der Waals surface area contributed by atoms with Crippen LogP contribution in [-0.2, 0) is 4.79 Å². The number of rotatable bonds is 6. The van der Waals surface area contributed by atoms with E-state index in [-0.39, 0.29) is 17.8 Å². The molecule has 2 unspecified atom stereocenters. The monoisotopic (exact) mass is 512 g/mol. The molecule has 1 saturated heterocycles. The van der Waals surface area contributed by atoms with Crippen molar-refractivity contribution in [3.8, 4) is 11.1 Å². The standard InChI is InChI=1S/C29H36N8O/c1-20-27(29(38)32-23-7-11-25(12-8-23)36-17-15-35(4)16-18-36)28(30)33-37(20)26-19-22(13-14-31-26)21-5-9-24(10-6-21)34(2)3/h5-14,19-20,27H,15-18H2,1-4H3,(H2,30,33)(H,32,38). The topological polar surface area (TPSA) is 93.3 Å². The number of carbonyl (C=O) groups is 1. The lowest BCUT2D eigenvalue weighted by atomic mass is 9.99. The van der Waals surface area contributed by atoms with Gasteiger partial charge in [0.1, 0.15) is 17.6 Å². The number of amides is 1. The van der Waals surface area contributed by atoms with Crippen LogP contribution in [0.4, 0.5) is 22.9 Å². The number of piperazine rings is 1. The number of anilines is 4. The van der Waals surface area contributed by atoms with E-state index in [0.717, 1.165) is 48.7 Å². The molecule has 5 rings (SSSR count). The second kappa shape index (κ2) is 10.7. The zero-order valence-electron chi connectivity index (χ0n) is 22.5. The first-order valence-electron chi connectivity index (χ1n) is 13.0. The molecule has 3 aromatic rings. The van der Waals surface area contributed by atoms with Gasteiger partial charge in [-0.05, 0) is 73.6 Å². The number of likely N-dealkylation sites (N-methyl/N-ethyl adjacent to an activating group) is 1. The molecular formula is C29H36N8O. The molecule has 2 atom stereocenters. The van der Waals surface area contributed by atoms with Crippen LogP contribution in [0.25, 0.3) is 11.1 Å². The fourth-order valence-corrected chi connectivity index (χ4v) is 4.99. The zero-order valence-corrected chi connectivity index (χ0v) is 22.5. The van der Waals surface area contributed by atoms with E-state index in [9.17, 15) is 4.79 Å².